The lowest BCUT2D eigenvalue weighted by Crippen LogP contribution is -2.03. The molecule has 8 nitrogen and oxygen atoms in total. The first-order valence-electron chi connectivity index (χ1n) is 7.71. The highest BCUT2D eigenvalue weighted by molar-refractivity contribution is 5.91. The monoisotopic (exact) mass is 363 g/mol. The Kier molecular flexibility index (Phi) is 5.10. The number of nitrogens with one attached hydrogen (secondary N) is 1. The van der Waals surface area contributed by atoms with Gasteiger partial charge in [0, 0.05) is 12.3 Å². The average molecular weight is 363 g/mol. The van der Waals surface area contributed by atoms with Crippen LogP contribution in [-0.4, -0.2) is 19.9 Å². The maximum Gasteiger partial charge on any atom is 0.337 e. The molecular weight excluding hydrogens is 350 g/mol. The lowest BCUT2D eigenvalue weighted by Gasteiger charge is -2.13. The lowest BCUT2D eigenvalue weighted by molar-refractivity contribution is 0.0601. The van der Waals surface area contributed by atoms with Crippen LogP contribution in [0.1, 0.15) is 10.4 Å². The van der Waals surface area contributed by atoms with Crippen LogP contribution >= 0.6 is 0 Å². The quantitative estimate of drug-likeness (QED) is 0.635. The van der Waals surface area contributed by atoms with Crippen LogP contribution in [0.4, 0.5) is 5.69 Å². The number of nitriles is 2. The summed E-state index contributed by atoms with van der Waals surface area (Å²) in [6.45, 7) is 0.148. The van der Waals surface area contributed by atoms with Gasteiger partial charge in [0.15, 0.2) is 17.2 Å². The zero-order valence-corrected chi connectivity index (χ0v) is 14.2. The van der Waals surface area contributed by atoms with Gasteiger partial charge >= 0.3 is 5.97 Å². The van der Waals surface area contributed by atoms with Gasteiger partial charge in [-0.25, -0.2) is 4.79 Å². The molecule has 0 radical (unpaired) electrons. The Hall–Kier alpha value is -4.17. The van der Waals surface area contributed by atoms with Crippen LogP contribution < -0.4 is 19.5 Å². The number of ether oxygens (including phenoxy) is 4. The van der Waals surface area contributed by atoms with E-state index < -0.39 is 5.97 Å². The van der Waals surface area contributed by atoms with Crippen molar-refractivity contribution in [1.29, 1.82) is 10.5 Å². The van der Waals surface area contributed by atoms with Crippen molar-refractivity contribution >= 4 is 11.7 Å². The molecule has 0 fully saturated rings. The number of fused-ring (bicyclic) bond motifs is 1. The summed E-state index contributed by atoms with van der Waals surface area (Å²) in [5.74, 6) is 1.50. The van der Waals surface area contributed by atoms with E-state index >= 15 is 0 Å². The van der Waals surface area contributed by atoms with E-state index in [4.69, 9.17) is 29.5 Å². The third-order valence-corrected chi connectivity index (χ3v) is 3.59. The first kappa shape index (κ1) is 17.6. The minimum absolute atomic E-state index is 0.132. The molecule has 0 amide bonds. The highest BCUT2D eigenvalue weighted by Crippen LogP contribution is 2.38. The van der Waals surface area contributed by atoms with Gasteiger partial charge in [0.05, 0.1) is 18.4 Å². The number of methoxy groups -OCH3 is 1. The molecule has 0 unspecified atom stereocenters. The number of hydrogen-bond acceptors (Lipinski definition) is 8. The predicted molar refractivity (Wildman–Crippen MR) is 93.4 cm³/mol. The van der Waals surface area contributed by atoms with E-state index in [1.807, 2.05) is 0 Å². The SMILES string of the molecule is COC(=O)c1ccc(Oc2ccc3c(c2)OCO3)c(NC=C(C#N)C#N)c1. The molecule has 1 aliphatic heterocycles. The van der Waals surface area contributed by atoms with Gasteiger partial charge in [-0.3, -0.25) is 0 Å². The summed E-state index contributed by atoms with van der Waals surface area (Å²) in [4.78, 5) is 11.8. The fraction of sp³-hybridized carbons (Fsp3) is 0.105. The Morgan fingerprint density at radius 1 is 1.15 bits per heavy atom. The summed E-state index contributed by atoms with van der Waals surface area (Å²) < 4.78 is 21.1. The summed E-state index contributed by atoms with van der Waals surface area (Å²) in [5.41, 5.74) is 0.521. The van der Waals surface area contributed by atoms with Crippen molar-refractivity contribution in [2.45, 2.75) is 0 Å². The van der Waals surface area contributed by atoms with Gasteiger partial charge in [0.1, 0.15) is 23.5 Å². The third-order valence-electron chi connectivity index (χ3n) is 3.59. The summed E-state index contributed by atoms with van der Waals surface area (Å²) in [6, 6.07) is 13.2. The molecule has 0 atom stereocenters. The molecule has 2 aromatic carbocycles. The predicted octanol–water partition coefficient (Wildman–Crippen LogP) is 3.34. The van der Waals surface area contributed by atoms with Crippen molar-refractivity contribution in [3.05, 3.63) is 53.7 Å². The van der Waals surface area contributed by atoms with E-state index in [0.29, 0.717) is 28.7 Å². The van der Waals surface area contributed by atoms with Crippen LogP contribution in [0.2, 0.25) is 0 Å². The molecular formula is C19H13N3O5. The summed E-state index contributed by atoms with van der Waals surface area (Å²) in [5, 5.41) is 20.5. The molecule has 0 aliphatic carbocycles. The van der Waals surface area contributed by atoms with E-state index in [-0.39, 0.29) is 17.9 Å². The topological polar surface area (TPSA) is 114 Å². The summed E-state index contributed by atoms with van der Waals surface area (Å²) >= 11 is 0. The first-order valence-corrected chi connectivity index (χ1v) is 7.71. The highest BCUT2D eigenvalue weighted by atomic mass is 16.7. The highest BCUT2D eigenvalue weighted by Gasteiger charge is 2.16. The Balaban J connectivity index is 1.93. The van der Waals surface area contributed by atoms with Gasteiger partial charge in [-0.05, 0) is 30.3 Å². The Labute approximate surface area is 154 Å². The Morgan fingerprint density at radius 3 is 2.67 bits per heavy atom. The van der Waals surface area contributed by atoms with Crippen molar-refractivity contribution in [1.82, 2.24) is 0 Å². The maximum atomic E-state index is 11.8. The molecule has 1 aliphatic rings. The third kappa shape index (κ3) is 3.91. The second kappa shape index (κ2) is 7.81. The van der Waals surface area contributed by atoms with Crippen LogP contribution in [0.25, 0.3) is 0 Å². The maximum absolute atomic E-state index is 11.8. The zero-order valence-electron chi connectivity index (χ0n) is 14.2. The van der Waals surface area contributed by atoms with E-state index in [1.54, 1.807) is 42.5 Å². The largest absolute Gasteiger partial charge is 0.465 e. The molecule has 1 N–H and O–H groups in total. The number of allylic oxidation sites excluding steroid dienone is 1. The molecule has 0 aromatic heterocycles. The fourth-order valence-electron chi connectivity index (χ4n) is 2.28. The van der Waals surface area contributed by atoms with Crippen molar-refractivity contribution < 1.29 is 23.7 Å². The van der Waals surface area contributed by atoms with Gasteiger partial charge in [-0.1, -0.05) is 0 Å². The van der Waals surface area contributed by atoms with Gasteiger partial charge in [-0.15, -0.1) is 0 Å². The molecule has 134 valence electrons. The van der Waals surface area contributed by atoms with E-state index in [0.717, 1.165) is 0 Å². The van der Waals surface area contributed by atoms with Crippen LogP contribution in [0.3, 0.4) is 0 Å². The first-order chi connectivity index (χ1) is 13.1. The molecule has 0 saturated carbocycles. The molecule has 27 heavy (non-hydrogen) atoms. The standard InChI is InChI=1S/C19H13N3O5/c1-24-19(23)13-2-4-16(15(6-13)22-10-12(8-20)9-21)27-14-3-5-17-18(7-14)26-11-25-17/h2-7,10,22H,11H2,1H3. The average Bonchev–Trinajstić information content (AvgIpc) is 3.17. The van der Waals surface area contributed by atoms with Crippen molar-refractivity contribution in [2.75, 3.05) is 19.2 Å². The summed E-state index contributed by atoms with van der Waals surface area (Å²) in [6.07, 6.45) is 1.23. The number of rotatable bonds is 5. The van der Waals surface area contributed by atoms with Crippen LogP contribution in [-0.2, 0) is 4.74 Å². The second-order valence-corrected chi connectivity index (χ2v) is 5.25. The summed E-state index contributed by atoms with van der Waals surface area (Å²) in [7, 11) is 1.27. The van der Waals surface area contributed by atoms with E-state index in [9.17, 15) is 4.79 Å². The van der Waals surface area contributed by atoms with E-state index in [1.165, 1.54) is 19.4 Å². The number of hydrogen-bond donors (Lipinski definition) is 1. The lowest BCUT2D eigenvalue weighted by atomic mass is 10.2. The molecule has 2 aromatic rings. The fourth-order valence-corrected chi connectivity index (χ4v) is 2.28. The minimum atomic E-state index is -0.530. The minimum Gasteiger partial charge on any atom is -0.465 e. The second-order valence-electron chi connectivity index (χ2n) is 5.25. The number of benzene rings is 2. The zero-order chi connectivity index (χ0) is 19.2. The van der Waals surface area contributed by atoms with Gasteiger partial charge in [0.2, 0.25) is 6.79 Å². The Morgan fingerprint density at radius 2 is 1.93 bits per heavy atom. The van der Waals surface area contributed by atoms with Gasteiger partial charge < -0.3 is 24.3 Å². The molecule has 0 saturated heterocycles. The number of nitrogens with zero attached hydrogens (tertiary/aromatic N) is 2. The van der Waals surface area contributed by atoms with Gasteiger partial charge in [0.25, 0.3) is 0 Å². The van der Waals surface area contributed by atoms with Crippen LogP contribution in [0.5, 0.6) is 23.0 Å². The van der Waals surface area contributed by atoms with Gasteiger partial charge in [-0.2, -0.15) is 10.5 Å². The number of anilines is 1. The molecule has 3 rings (SSSR count). The Bertz CT molecular complexity index is 985. The van der Waals surface area contributed by atoms with Crippen molar-refractivity contribution in [3.8, 4) is 35.1 Å². The normalized spacial score (nSPS) is 10.9. The van der Waals surface area contributed by atoms with Crippen molar-refractivity contribution in [2.24, 2.45) is 0 Å². The molecule has 0 spiro atoms. The smallest absolute Gasteiger partial charge is 0.337 e. The number of esters is 1. The number of carbonyl (C=O) groups is 1. The van der Waals surface area contributed by atoms with Crippen molar-refractivity contribution in [3.63, 3.8) is 0 Å². The number of carbonyl (C=O) groups excluding carboxylic acids is 1. The molecule has 8 heteroatoms. The molecule has 0 bridgehead atoms. The van der Waals surface area contributed by atoms with Crippen LogP contribution in [0, 0.1) is 22.7 Å². The molecule has 1 heterocycles. The van der Waals surface area contributed by atoms with E-state index in [2.05, 4.69) is 5.32 Å². The van der Waals surface area contributed by atoms with Crippen LogP contribution in [0.15, 0.2) is 48.2 Å².